The van der Waals surface area contributed by atoms with Crippen molar-refractivity contribution in [3.8, 4) is 0 Å². The average Bonchev–Trinajstić information content (AvgIpc) is 2.82. The predicted molar refractivity (Wildman–Crippen MR) is 140 cm³/mol. The first-order valence-electron chi connectivity index (χ1n) is 13.8. The fourth-order valence-electron chi connectivity index (χ4n) is 8.32. The maximum Gasteiger partial charge on any atom is 0.174 e. The molecule has 0 radical (unpaired) electrons. The van der Waals surface area contributed by atoms with Crippen molar-refractivity contribution >= 4 is 11.6 Å². The van der Waals surface area contributed by atoms with Crippen LogP contribution in [0.1, 0.15) is 72.3 Å². The monoisotopic (exact) mass is 510 g/mol. The Kier molecular flexibility index (Phi) is 6.38. The van der Waals surface area contributed by atoms with Gasteiger partial charge < -0.3 is 20.1 Å². The van der Waals surface area contributed by atoms with Gasteiger partial charge in [-0.05, 0) is 55.6 Å². The lowest BCUT2D eigenvalue weighted by atomic mass is 9.40. The van der Waals surface area contributed by atoms with Crippen molar-refractivity contribution in [2.24, 2.45) is 28.1 Å². The Balaban J connectivity index is 1.52. The van der Waals surface area contributed by atoms with E-state index in [1.165, 1.54) is 0 Å². The van der Waals surface area contributed by atoms with Crippen molar-refractivity contribution in [2.75, 3.05) is 6.61 Å². The zero-order valence-corrected chi connectivity index (χ0v) is 22.8. The van der Waals surface area contributed by atoms with E-state index in [1.54, 1.807) is 6.92 Å². The van der Waals surface area contributed by atoms with Crippen LogP contribution in [0.2, 0.25) is 0 Å². The molecule has 3 aliphatic carbocycles. The van der Waals surface area contributed by atoms with Gasteiger partial charge in [0.2, 0.25) is 0 Å². The topological polar surface area (TPSA) is 104 Å². The van der Waals surface area contributed by atoms with E-state index in [-0.39, 0.29) is 35.9 Å². The Morgan fingerprint density at radius 3 is 2.41 bits per heavy atom. The minimum atomic E-state index is -1.44. The number of ketones is 2. The summed E-state index contributed by atoms with van der Waals surface area (Å²) >= 11 is 0. The van der Waals surface area contributed by atoms with Gasteiger partial charge in [0.15, 0.2) is 5.78 Å². The summed E-state index contributed by atoms with van der Waals surface area (Å²) in [5.74, 6) is -0.512. The molecule has 2 saturated carbocycles. The summed E-state index contributed by atoms with van der Waals surface area (Å²) in [6.07, 6.45) is -0.182. The van der Waals surface area contributed by atoms with E-state index >= 15 is 0 Å². The molecule has 4 aliphatic rings. The molecule has 1 heterocycles. The molecular weight excluding hydrogens is 468 g/mol. The van der Waals surface area contributed by atoms with Crippen molar-refractivity contribution in [3.63, 3.8) is 0 Å². The second-order valence-electron chi connectivity index (χ2n) is 13.2. The quantitative estimate of drug-likeness (QED) is 0.521. The Morgan fingerprint density at radius 2 is 1.78 bits per heavy atom. The first-order valence-corrected chi connectivity index (χ1v) is 13.8. The third-order valence-electron chi connectivity index (χ3n) is 11.2. The molecule has 1 aliphatic heterocycles. The zero-order chi connectivity index (χ0) is 27.0. The normalized spacial score (nSPS) is 42.7. The minimum absolute atomic E-state index is 0.0105. The largest absolute Gasteiger partial charge is 0.392 e. The Labute approximate surface area is 220 Å². The van der Waals surface area contributed by atoms with Crippen molar-refractivity contribution in [1.82, 2.24) is 0 Å². The highest BCUT2D eigenvalue weighted by Crippen LogP contribution is 2.67. The first kappa shape index (κ1) is 26.7. The van der Waals surface area contributed by atoms with Gasteiger partial charge in [-0.3, -0.25) is 9.59 Å². The van der Waals surface area contributed by atoms with Gasteiger partial charge in [0, 0.05) is 30.6 Å². The average molecular weight is 511 g/mol. The molecule has 6 unspecified atom stereocenters. The molecule has 1 aromatic carbocycles. The van der Waals surface area contributed by atoms with Gasteiger partial charge in [0.1, 0.15) is 11.9 Å². The Morgan fingerprint density at radius 1 is 1.11 bits per heavy atom. The second kappa shape index (κ2) is 8.84. The highest BCUT2D eigenvalue weighted by molar-refractivity contribution is 5.93. The number of aliphatic hydroxyl groups excluding tert-OH is 2. The van der Waals surface area contributed by atoms with E-state index in [4.69, 9.17) is 4.74 Å². The zero-order valence-electron chi connectivity index (χ0n) is 22.8. The van der Waals surface area contributed by atoms with E-state index in [0.29, 0.717) is 44.3 Å². The maximum absolute atomic E-state index is 14.1. The highest BCUT2D eigenvalue weighted by atomic mass is 16.5. The smallest absolute Gasteiger partial charge is 0.174 e. The molecule has 5 rings (SSSR count). The van der Waals surface area contributed by atoms with Crippen molar-refractivity contribution in [2.45, 2.75) is 97.1 Å². The number of aliphatic hydroxyl groups is 3. The van der Waals surface area contributed by atoms with Crippen LogP contribution in [-0.4, -0.2) is 57.4 Å². The number of allylic oxidation sites excluding steroid dienone is 1. The number of rotatable bonds is 5. The molecule has 0 spiro atoms. The summed E-state index contributed by atoms with van der Waals surface area (Å²) in [6.45, 7) is 9.97. The van der Waals surface area contributed by atoms with Gasteiger partial charge in [0.05, 0.1) is 29.8 Å². The van der Waals surface area contributed by atoms with Crippen LogP contribution in [-0.2, 0) is 20.7 Å². The number of Topliss-reactive ketones (excluding diaryl/α,β-unsaturated/α-hetero) is 2. The van der Waals surface area contributed by atoms with Gasteiger partial charge in [-0.25, -0.2) is 0 Å². The number of carbonyl (C=O) groups is 2. The molecule has 3 fully saturated rings. The summed E-state index contributed by atoms with van der Waals surface area (Å²) in [6, 6.07) is 9.91. The number of benzene rings is 1. The van der Waals surface area contributed by atoms with Gasteiger partial charge in [0.25, 0.3) is 0 Å². The van der Waals surface area contributed by atoms with Crippen molar-refractivity contribution < 1.29 is 29.6 Å². The summed E-state index contributed by atoms with van der Waals surface area (Å²) < 4.78 is 5.77. The molecule has 0 amide bonds. The van der Waals surface area contributed by atoms with E-state index in [0.717, 1.165) is 11.1 Å². The third-order valence-corrected chi connectivity index (χ3v) is 11.2. The van der Waals surface area contributed by atoms with Gasteiger partial charge in [-0.15, -0.1) is 0 Å². The van der Waals surface area contributed by atoms with Gasteiger partial charge >= 0.3 is 0 Å². The standard InChI is InChI=1S/C31H42O6/c1-18-20(13-21(32)12-11-19-9-7-6-8-10-19)15-31(36)17-29(4)22-16-37-23(22)14-24(33)30(29,5)27(35)26(34)25(18)28(31,2)3/h6-10,20,22-24,26,33-34,36H,11-17H2,1-5H3/t20-,22?,23?,24?,26?,29+,30?,31?/m0/s1. The van der Waals surface area contributed by atoms with E-state index in [1.807, 2.05) is 58.0 Å². The van der Waals surface area contributed by atoms with Crippen LogP contribution < -0.4 is 0 Å². The predicted octanol–water partition coefficient (Wildman–Crippen LogP) is 3.80. The summed E-state index contributed by atoms with van der Waals surface area (Å²) in [5.41, 5.74) is -1.66. The van der Waals surface area contributed by atoms with Gasteiger partial charge in [-0.1, -0.05) is 56.7 Å². The van der Waals surface area contributed by atoms with Crippen LogP contribution in [0, 0.1) is 28.1 Å². The molecule has 8 atom stereocenters. The molecule has 6 heteroatoms. The fourth-order valence-corrected chi connectivity index (χ4v) is 8.32. The van der Waals surface area contributed by atoms with Gasteiger partial charge in [-0.2, -0.15) is 0 Å². The number of hydrogen-bond acceptors (Lipinski definition) is 6. The fraction of sp³-hybridized carbons (Fsp3) is 0.677. The van der Waals surface area contributed by atoms with Crippen LogP contribution in [0.15, 0.2) is 41.5 Å². The molecule has 37 heavy (non-hydrogen) atoms. The Bertz CT molecular complexity index is 1120. The lowest BCUT2D eigenvalue weighted by Crippen LogP contribution is -2.73. The van der Waals surface area contributed by atoms with Crippen LogP contribution in [0.4, 0.5) is 0 Å². The van der Waals surface area contributed by atoms with Crippen LogP contribution in [0.25, 0.3) is 0 Å². The molecule has 3 N–H and O–H groups in total. The SMILES string of the molecule is CC1=C2C(O)C(=O)C3(C)C(O)CC4OCC4[C@@]3(C)CC(O)(C[C@@H]1CC(=O)CCc1ccccc1)C2(C)C. The highest BCUT2D eigenvalue weighted by Gasteiger charge is 2.71. The summed E-state index contributed by atoms with van der Waals surface area (Å²) in [4.78, 5) is 27.3. The molecule has 1 aromatic rings. The second-order valence-corrected chi connectivity index (χ2v) is 13.2. The molecule has 6 nitrogen and oxygen atoms in total. The van der Waals surface area contributed by atoms with Crippen molar-refractivity contribution in [1.29, 1.82) is 0 Å². The van der Waals surface area contributed by atoms with E-state index in [2.05, 4.69) is 0 Å². The minimum Gasteiger partial charge on any atom is -0.392 e. The lowest BCUT2D eigenvalue weighted by Gasteiger charge is -2.67. The number of fused-ring (bicyclic) bond motifs is 5. The van der Waals surface area contributed by atoms with Crippen LogP contribution in [0.5, 0.6) is 0 Å². The molecule has 0 aromatic heterocycles. The first-order chi connectivity index (χ1) is 17.3. The van der Waals surface area contributed by atoms with E-state index in [9.17, 15) is 24.9 Å². The third kappa shape index (κ3) is 3.74. The Hall–Kier alpha value is -1.86. The number of aryl methyl sites for hydroxylation is 1. The van der Waals surface area contributed by atoms with Crippen molar-refractivity contribution in [3.05, 3.63) is 47.0 Å². The summed E-state index contributed by atoms with van der Waals surface area (Å²) in [5, 5.41) is 35.4. The van der Waals surface area contributed by atoms with E-state index < -0.39 is 34.1 Å². The maximum atomic E-state index is 14.1. The number of carbonyl (C=O) groups excluding carboxylic acids is 2. The molecular formula is C31H42O6. The lowest BCUT2D eigenvalue weighted by molar-refractivity contribution is -0.277. The molecule has 1 saturated heterocycles. The number of ether oxygens (including phenoxy) is 1. The summed E-state index contributed by atoms with van der Waals surface area (Å²) in [7, 11) is 0. The van der Waals surface area contributed by atoms with Crippen LogP contribution in [0.3, 0.4) is 0 Å². The molecule has 2 bridgehead atoms. The molecule has 202 valence electrons. The number of hydrogen-bond donors (Lipinski definition) is 3. The van der Waals surface area contributed by atoms with Crippen LogP contribution >= 0.6 is 0 Å².